The maximum absolute atomic E-state index is 12.7. The molecule has 25 heavy (non-hydrogen) atoms. The Hall–Kier alpha value is -2.89. The summed E-state index contributed by atoms with van der Waals surface area (Å²) in [7, 11) is 0. The Morgan fingerprint density at radius 1 is 1.24 bits per heavy atom. The van der Waals surface area contributed by atoms with Gasteiger partial charge in [-0.05, 0) is 25.3 Å². The molecule has 1 aromatic carbocycles. The molecule has 1 fully saturated rings. The number of nitrogens with one attached hydrogen (secondary N) is 2. The van der Waals surface area contributed by atoms with E-state index in [9.17, 15) is 4.79 Å². The van der Waals surface area contributed by atoms with Crippen molar-refractivity contribution in [2.24, 2.45) is 0 Å². The summed E-state index contributed by atoms with van der Waals surface area (Å²) in [5.74, 6) is -0.120. The van der Waals surface area contributed by atoms with Crippen molar-refractivity contribution >= 4 is 22.6 Å². The Kier molecular flexibility index (Phi) is 4.09. The van der Waals surface area contributed by atoms with Gasteiger partial charge >= 0.3 is 0 Å². The van der Waals surface area contributed by atoms with E-state index in [1.165, 1.54) is 0 Å². The van der Waals surface area contributed by atoms with E-state index in [-0.39, 0.29) is 5.91 Å². The molecule has 2 N–H and O–H groups in total. The molecule has 0 aliphatic heterocycles. The first-order valence-corrected chi connectivity index (χ1v) is 8.69. The molecule has 1 amide bonds. The summed E-state index contributed by atoms with van der Waals surface area (Å²) in [4.78, 5) is 17.2. The van der Waals surface area contributed by atoms with E-state index in [2.05, 4.69) is 20.7 Å². The van der Waals surface area contributed by atoms with E-state index in [0.29, 0.717) is 18.2 Å². The van der Waals surface area contributed by atoms with E-state index >= 15 is 0 Å². The molecule has 1 saturated carbocycles. The minimum atomic E-state index is -0.120. The lowest BCUT2D eigenvalue weighted by molar-refractivity contribution is 0.0951. The molecule has 128 valence electrons. The van der Waals surface area contributed by atoms with E-state index in [1.807, 2.05) is 41.9 Å². The number of amides is 1. The van der Waals surface area contributed by atoms with Gasteiger partial charge in [0.05, 0.1) is 22.8 Å². The van der Waals surface area contributed by atoms with Gasteiger partial charge in [0.2, 0.25) is 0 Å². The van der Waals surface area contributed by atoms with Crippen LogP contribution < -0.4 is 10.6 Å². The molecule has 0 radical (unpaired) electrons. The first-order chi connectivity index (χ1) is 12.3. The predicted molar refractivity (Wildman–Crippen MR) is 97.5 cm³/mol. The summed E-state index contributed by atoms with van der Waals surface area (Å²) in [5.41, 5.74) is 3.30. The maximum atomic E-state index is 12.7. The SMILES string of the molecule is CCn1ncc2c(NC3CC3)c(C(=O)NCc3ccccc3)cnc21. The summed E-state index contributed by atoms with van der Waals surface area (Å²) in [6.45, 7) is 3.27. The van der Waals surface area contributed by atoms with E-state index < -0.39 is 0 Å². The molecule has 3 aromatic rings. The second-order valence-corrected chi connectivity index (χ2v) is 6.33. The van der Waals surface area contributed by atoms with Crippen molar-refractivity contribution < 1.29 is 4.79 Å². The van der Waals surface area contributed by atoms with Crippen LogP contribution in [0.5, 0.6) is 0 Å². The zero-order chi connectivity index (χ0) is 17.2. The molecule has 1 aliphatic carbocycles. The van der Waals surface area contributed by atoms with Crippen LogP contribution in [0.4, 0.5) is 5.69 Å². The van der Waals surface area contributed by atoms with Gasteiger partial charge in [-0.1, -0.05) is 30.3 Å². The first kappa shape index (κ1) is 15.6. The molecule has 1 aliphatic rings. The van der Waals surface area contributed by atoms with Crippen molar-refractivity contribution in [3.05, 3.63) is 53.9 Å². The van der Waals surface area contributed by atoms with Gasteiger partial charge in [0.1, 0.15) is 0 Å². The lowest BCUT2D eigenvalue weighted by atomic mass is 10.1. The molecule has 0 atom stereocenters. The summed E-state index contributed by atoms with van der Waals surface area (Å²) < 4.78 is 1.85. The Labute approximate surface area is 146 Å². The van der Waals surface area contributed by atoms with Crippen LogP contribution >= 0.6 is 0 Å². The Morgan fingerprint density at radius 2 is 2.04 bits per heavy atom. The minimum Gasteiger partial charge on any atom is -0.381 e. The van der Waals surface area contributed by atoms with Gasteiger partial charge in [-0.2, -0.15) is 5.10 Å². The number of aryl methyl sites for hydroxylation is 1. The van der Waals surface area contributed by atoms with Crippen LogP contribution in [0.1, 0.15) is 35.7 Å². The van der Waals surface area contributed by atoms with E-state index in [1.54, 1.807) is 12.4 Å². The van der Waals surface area contributed by atoms with Crippen molar-refractivity contribution in [3.8, 4) is 0 Å². The highest BCUT2D eigenvalue weighted by atomic mass is 16.1. The van der Waals surface area contributed by atoms with Gasteiger partial charge in [0, 0.05) is 25.3 Å². The first-order valence-electron chi connectivity index (χ1n) is 8.69. The lowest BCUT2D eigenvalue weighted by Crippen LogP contribution is -2.24. The van der Waals surface area contributed by atoms with Crippen LogP contribution in [0.3, 0.4) is 0 Å². The molecule has 0 saturated heterocycles. The highest BCUT2D eigenvalue weighted by molar-refractivity contribution is 6.06. The number of carbonyl (C=O) groups is 1. The van der Waals surface area contributed by atoms with Gasteiger partial charge < -0.3 is 10.6 Å². The third kappa shape index (κ3) is 3.20. The number of rotatable bonds is 6. The van der Waals surface area contributed by atoms with E-state index in [0.717, 1.165) is 41.7 Å². The van der Waals surface area contributed by atoms with Crippen LogP contribution in [-0.4, -0.2) is 26.7 Å². The Balaban J connectivity index is 1.64. The molecule has 0 spiro atoms. The topological polar surface area (TPSA) is 71.8 Å². The molecule has 4 rings (SSSR count). The van der Waals surface area contributed by atoms with Gasteiger partial charge in [-0.25, -0.2) is 9.67 Å². The fourth-order valence-electron chi connectivity index (χ4n) is 2.89. The number of carbonyl (C=O) groups excluding carboxylic acids is 1. The zero-order valence-corrected chi connectivity index (χ0v) is 14.2. The summed E-state index contributed by atoms with van der Waals surface area (Å²) in [6.07, 6.45) is 5.72. The number of pyridine rings is 1. The van der Waals surface area contributed by atoms with Crippen LogP contribution in [0, 0.1) is 0 Å². The number of fused-ring (bicyclic) bond motifs is 1. The second kappa shape index (κ2) is 6.55. The molecule has 0 unspecified atom stereocenters. The lowest BCUT2D eigenvalue weighted by Gasteiger charge is -2.13. The highest BCUT2D eigenvalue weighted by Crippen LogP contribution is 2.31. The minimum absolute atomic E-state index is 0.120. The van der Waals surface area contributed by atoms with Crippen molar-refractivity contribution in [1.82, 2.24) is 20.1 Å². The maximum Gasteiger partial charge on any atom is 0.255 e. The summed E-state index contributed by atoms with van der Waals surface area (Å²) in [6, 6.07) is 10.3. The number of anilines is 1. The smallest absolute Gasteiger partial charge is 0.255 e. The van der Waals surface area contributed by atoms with Crippen molar-refractivity contribution in [3.63, 3.8) is 0 Å². The summed E-state index contributed by atoms with van der Waals surface area (Å²) >= 11 is 0. The van der Waals surface area contributed by atoms with Gasteiger partial charge in [-0.3, -0.25) is 4.79 Å². The van der Waals surface area contributed by atoms with Gasteiger partial charge in [0.15, 0.2) is 5.65 Å². The molecule has 0 bridgehead atoms. The number of aromatic nitrogens is 3. The quantitative estimate of drug-likeness (QED) is 0.726. The average Bonchev–Trinajstić information content (AvgIpc) is 3.37. The van der Waals surface area contributed by atoms with Crippen LogP contribution in [0.25, 0.3) is 11.0 Å². The van der Waals surface area contributed by atoms with Crippen molar-refractivity contribution in [2.45, 2.75) is 38.9 Å². The number of hydrogen-bond donors (Lipinski definition) is 2. The van der Waals surface area contributed by atoms with Crippen LogP contribution in [0.15, 0.2) is 42.7 Å². The predicted octanol–water partition coefficient (Wildman–Crippen LogP) is 2.96. The second-order valence-electron chi connectivity index (χ2n) is 6.33. The van der Waals surface area contributed by atoms with Gasteiger partial charge in [0.25, 0.3) is 5.91 Å². The molecule has 6 nitrogen and oxygen atoms in total. The third-order valence-electron chi connectivity index (χ3n) is 4.43. The molecular weight excluding hydrogens is 314 g/mol. The van der Waals surface area contributed by atoms with Crippen LogP contribution in [-0.2, 0) is 13.1 Å². The van der Waals surface area contributed by atoms with Crippen LogP contribution in [0.2, 0.25) is 0 Å². The fraction of sp³-hybridized carbons (Fsp3) is 0.316. The Morgan fingerprint density at radius 3 is 2.76 bits per heavy atom. The standard InChI is InChI=1S/C19H21N5O/c1-2-24-18-15(12-22-24)17(23-14-8-9-14)16(11-20-18)19(25)21-10-13-6-4-3-5-7-13/h3-7,11-12,14H,2,8-10H2,1H3,(H,20,23)(H,21,25). The fourth-order valence-corrected chi connectivity index (χ4v) is 2.89. The molecule has 2 aromatic heterocycles. The number of hydrogen-bond acceptors (Lipinski definition) is 4. The summed E-state index contributed by atoms with van der Waals surface area (Å²) in [5, 5.41) is 11.8. The van der Waals surface area contributed by atoms with E-state index in [4.69, 9.17) is 0 Å². The zero-order valence-electron chi connectivity index (χ0n) is 14.2. The molecule has 6 heteroatoms. The number of benzene rings is 1. The highest BCUT2D eigenvalue weighted by Gasteiger charge is 2.25. The van der Waals surface area contributed by atoms with Crippen molar-refractivity contribution in [1.29, 1.82) is 0 Å². The monoisotopic (exact) mass is 335 g/mol. The normalized spacial score (nSPS) is 13.8. The number of nitrogens with zero attached hydrogens (tertiary/aromatic N) is 3. The van der Waals surface area contributed by atoms with Gasteiger partial charge in [-0.15, -0.1) is 0 Å². The molecular formula is C19H21N5O. The third-order valence-corrected chi connectivity index (χ3v) is 4.43. The Bertz CT molecular complexity index is 899. The van der Waals surface area contributed by atoms with Crippen molar-refractivity contribution in [2.75, 3.05) is 5.32 Å². The largest absolute Gasteiger partial charge is 0.381 e. The molecule has 2 heterocycles. The average molecular weight is 335 g/mol.